The smallest absolute Gasteiger partial charge is 0.223 e. The Bertz CT molecular complexity index is 1100. The van der Waals surface area contributed by atoms with Gasteiger partial charge >= 0.3 is 0 Å². The lowest BCUT2D eigenvalue weighted by Crippen LogP contribution is -2.41. The van der Waals surface area contributed by atoms with Crippen molar-refractivity contribution < 1.29 is 14.3 Å². The molecule has 1 atom stereocenters. The number of H-pyrrole nitrogens is 1. The summed E-state index contributed by atoms with van der Waals surface area (Å²) < 4.78 is 11.4. The number of nitrogens with zero attached hydrogens (tertiary/aromatic N) is 1. The van der Waals surface area contributed by atoms with Gasteiger partial charge in [0.05, 0.1) is 14.2 Å². The van der Waals surface area contributed by atoms with Crippen molar-refractivity contribution in [3.8, 4) is 11.5 Å². The van der Waals surface area contributed by atoms with Crippen LogP contribution < -0.4 is 9.47 Å². The largest absolute Gasteiger partial charge is 0.493 e. The van der Waals surface area contributed by atoms with Crippen LogP contribution in [0.1, 0.15) is 55.0 Å². The Labute approximate surface area is 183 Å². The van der Waals surface area contributed by atoms with Gasteiger partial charge in [-0.05, 0) is 42.9 Å². The number of hydrogen-bond donors (Lipinski definition) is 1. The number of aromatic nitrogens is 1. The number of para-hydroxylation sites is 2. The van der Waals surface area contributed by atoms with Crippen LogP contribution in [-0.2, 0) is 11.2 Å². The lowest BCUT2D eigenvalue weighted by atomic mass is 9.90. The molecule has 0 spiro atoms. The molecule has 0 bridgehead atoms. The van der Waals surface area contributed by atoms with Crippen LogP contribution >= 0.6 is 0 Å². The number of carbonyl (C=O) groups excluding carboxylic acids is 1. The summed E-state index contributed by atoms with van der Waals surface area (Å²) in [5.74, 6) is 2.14. The molecule has 1 saturated carbocycles. The molecule has 31 heavy (non-hydrogen) atoms. The minimum atomic E-state index is -0.213. The van der Waals surface area contributed by atoms with Crippen molar-refractivity contribution in [2.75, 3.05) is 20.8 Å². The minimum Gasteiger partial charge on any atom is -0.493 e. The van der Waals surface area contributed by atoms with Crippen LogP contribution in [0.5, 0.6) is 11.5 Å². The summed E-state index contributed by atoms with van der Waals surface area (Å²) in [5.41, 5.74) is 4.48. The van der Waals surface area contributed by atoms with E-state index >= 15 is 0 Å². The average Bonchev–Trinajstić information content (AvgIpc) is 3.45. The van der Waals surface area contributed by atoms with Crippen LogP contribution in [0.4, 0.5) is 0 Å². The van der Waals surface area contributed by atoms with Crippen molar-refractivity contribution in [3.05, 3.63) is 59.3 Å². The Morgan fingerprint density at radius 3 is 2.65 bits per heavy atom. The van der Waals surface area contributed by atoms with Gasteiger partial charge in [-0.2, -0.15) is 0 Å². The normalized spacial score (nSPS) is 18.9. The Hall–Kier alpha value is -2.95. The van der Waals surface area contributed by atoms with E-state index in [1.165, 1.54) is 36.6 Å². The van der Waals surface area contributed by atoms with E-state index in [1.54, 1.807) is 14.2 Å². The molecule has 2 heterocycles. The molecule has 1 aliphatic carbocycles. The molecule has 1 amide bonds. The van der Waals surface area contributed by atoms with Crippen molar-refractivity contribution in [3.63, 3.8) is 0 Å². The second-order valence-electron chi connectivity index (χ2n) is 8.74. The molecule has 2 aromatic carbocycles. The zero-order valence-corrected chi connectivity index (χ0v) is 18.3. The van der Waals surface area contributed by atoms with Crippen LogP contribution in [0.3, 0.4) is 0 Å². The van der Waals surface area contributed by atoms with E-state index in [4.69, 9.17) is 9.47 Å². The zero-order chi connectivity index (χ0) is 21.4. The van der Waals surface area contributed by atoms with Gasteiger partial charge in [-0.15, -0.1) is 0 Å². The molecule has 1 N–H and O–H groups in total. The molecule has 0 radical (unpaired) electrons. The third kappa shape index (κ3) is 3.46. The summed E-state index contributed by atoms with van der Waals surface area (Å²) in [5, 5.41) is 1.24. The average molecular weight is 419 g/mol. The van der Waals surface area contributed by atoms with Gasteiger partial charge in [0, 0.05) is 35.1 Å². The molecule has 1 aromatic heterocycles. The lowest BCUT2D eigenvalue weighted by molar-refractivity contribution is -0.134. The predicted octanol–water partition coefficient (Wildman–Crippen LogP) is 5.24. The minimum absolute atomic E-state index is 0.213. The number of ether oxygens (including phenoxy) is 2. The summed E-state index contributed by atoms with van der Waals surface area (Å²) in [6.07, 6.45) is 6.33. The van der Waals surface area contributed by atoms with Crippen LogP contribution in [0.15, 0.2) is 42.5 Å². The highest BCUT2D eigenvalue weighted by Gasteiger charge is 2.37. The first-order chi connectivity index (χ1) is 15.2. The maximum Gasteiger partial charge on any atom is 0.223 e. The topological polar surface area (TPSA) is 54.6 Å². The number of rotatable bonds is 5. The lowest BCUT2D eigenvalue weighted by Gasteiger charge is -2.37. The predicted molar refractivity (Wildman–Crippen MR) is 122 cm³/mol. The van der Waals surface area contributed by atoms with E-state index in [0.717, 1.165) is 23.2 Å². The van der Waals surface area contributed by atoms with Gasteiger partial charge in [-0.3, -0.25) is 4.79 Å². The Kier molecular flexibility index (Phi) is 5.34. The zero-order valence-electron chi connectivity index (χ0n) is 18.3. The number of benzene rings is 2. The second kappa shape index (κ2) is 8.29. The molecule has 3 aromatic rings. The Balaban J connectivity index is 1.63. The maximum absolute atomic E-state index is 13.6. The van der Waals surface area contributed by atoms with Gasteiger partial charge in [0.15, 0.2) is 11.5 Å². The first kappa shape index (κ1) is 20.0. The molecule has 162 valence electrons. The molecular formula is C26H30N2O3. The highest BCUT2D eigenvalue weighted by atomic mass is 16.5. The van der Waals surface area contributed by atoms with Crippen molar-refractivity contribution in [1.29, 1.82) is 0 Å². The molecule has 5 nitrogen and oxygen atoms in total. The number of methoxy groups -OCH3 is 2. The molecule has 2 aliphatic rings. The molecule has 5 heteroatoms. The number of aromatic amines is 1. The summed E-state index contributed by atoms with van der Waals surface area (Å²) in [6.45, 7) is 0.714. The van der Waals surface area contributed by atoms with E-state index < -0.39 is 0 Å². The van der Waals surface area contributed by atoms with Crippen LogP contribution in [0, 0.1) is 5.92 Å². The van der Waals surface area contributed by atoms with Crippen molar-refractivity contribution in [1.82, 2.24) is 9.88 Å². The molecular weight excluding hydrogens is 388 g/mol. The van der Waals surface area contributed by atoms with Gasteiger partial charge < -0.3 is 19.4 Å². The van der Waals surface area contributed by atoms with E-state index in [1.807, 2.05) is 12.1 Å². The highest BCUT2D eigenvalue weighted by Crippen LogP contribution is 2.45. The van der Waals surface area contributed by atoms with Crippen LogP contribution in [-0.4, -0.2) is 36.6 Å². The standard InChI is InChI=1S/C26H30N2O3/c1-30-22-13-7-11-20(26(22)31-2)25-24-19(18-10-5-6-12-21(18)27-24)14-15-28(25)23(29)16-17-8-3-4-9-17/h5-7,10-13,17,25,27H,3-4,8-9,14-16H2,1-2H3/t25-/m1/s1. The van der Waals surface area contributed by atoms with Crippen molar-refractivity contribution >= 4 is 16.8 Å². The summed E-state index contributed by atoms with van der Waals surface area (Å²) in [6, 6.07) is 14.1. The van der Waals surface area contributed by atoms with Crippen LogP contribution in [0.25, 0.3) is 10.9 Å². The van der Waals surface area contributed by atoms with Gasteiger partial charge in [-0.1, -0.05) is 43.2 Å². The SMILES string of the molecule is COc1cccc([C@@H]2c3[nH]c4ccccc4c3CCN2C(=O)CC2CCCC2)c1OC. The first-order valence-electron chi connectivity index (χ1n) is 11.3. The Morgan fingerprint density at radius 1 is 1.06 bits per heavy atom. The molecule has 1 fully saturated rings. The van der Waals surface area contributed by atoms with Crippen LogP contribution in [0.2, 0.25) is 0 Å². The fraction of sp³-hybridized carbons (Fsp3) is 0.423. The number of amides is 1. The third-order valence-electron chi connectivity index (χ3n) is 7.02. The fourth-order valence-corrected chi connectivity index (χ4v) is 5.54. The Morgan fingerprint density at radius 2 is 1.87 bits per heavy atom. The monoisotopic (exact) mass is 418 g/mol. The number of nitrogens with one attached hydrogen (secondary N) is 1. The molecule has 0 saturated heterocycles. The highest BCUT2D eigenvalue weighted by molar-refractivity contribution is 5.87. The summed E-state index contributed by atoms with van der Waals surface area (Å²) >= 11 is 0. The van der Waals surface area contributed by atoms with Gasteiger partial charge in [-0.25, -0.2) is 0 Å². The first-order valence-corrected chi connectivity index (χ1v) is 11.3. The molecule has 0 unspecified atom stereocenters. The maximum atomic E-state index is 13.6. The number of carbonyl (C=O) groups is 1. The van der Waals surface area contributed by atoms with Crippen molar-refractivity contribution in [2.45, 2.75) is 44.6 Å². The van der Waals surface area contributed by atoms with E-state index in [9.17, 15) is 4.79 Å². The van der Waals surface area contributed by atoms with E-state index in [-0.39, 0.29) is 11.9 Å². The number of fused-ring (bicyclic) bond motifs is 3. The van der Waals surface area contributed by atoms with E-state index in [2.05, 4.69) is 40.2 Å². The molecule has 5 rings (SSSR count). The van der Waals surface area contributed by atoms with Gasteiger partial charge in [0.25, 0.3) is 0 Å². The third-order valence-corrected chi connectivity index (χ3v) is 7.02. The van der Waals surface area contributed by atoms with E-state index in [0.29, 0.717) is 30.4 Å². The van der Waals surface area contributed by atoms with Gasteiger partial charge in [0.2, 0.25) is 5.91 Å². The number of hydrogen-bond acceptors (Lipinski definition) is 3. The quantitative estimate of drug-likeness (QED) is 0.616. The van der Waals surface area contributed by atoms with Crippen molar-refractivity contribution in [2.24, 2.45) is 5.92 Å². The summed E-state index contributed by atoms with van der Waals surface area (Å²) in [4.78, 5) is 19.3. The fourth-order valence-electron chi connectivity index (χ4n) is 5.54. The van der Waals surface area contributed by atoms with Gasteiger partial charge in [0.1, 0.15) is 6.04 Å². The summed E-state index contributed by atoms with van der Waals surface area (Å²) in [7, 11) is 3.32. The molecule has 1 aliphatic heterocycles. The second-order valence-corrected chi connectivity index (χ2v) is 8.74.